The second kappa shape index (κ2) is 5.73. The van der Waals surface area contributed by atoms with Crippen molar-refractivity contribution in [3.63, 3.8) is 0 Å². The molecular formula is C14H19BrClN. The lowest BCUT2D eigenvalue weighted by atomic mass is 10.1. The fraction of sp³-hybridized carbons (Fsp3) is 0.571. The second-order valence-corrected chi connectivity index (χ2v) is 6.27. The van der Waals surface area contributed by atoms with Gasteiger partial charge in [-0.15, -0.1) is 0 Å². The Morgan fingerprint density at radius 1 is 1.53 bits per heavy atom. The number of hydrogen-bond donors (Lipinski definition) is 1. The summed E-state index contributed by atoms with van der Waals surface area (Å²) in [5, 5.41) is 4.51. The van der Waals surface area contributed by atoms with Crippen LogP contribution < -0.4 is 5.32 Å². The Kier molecular flexibility index (Phi) is 4.51. The molecule has 0 aromatic heterocycles. The number of hydrogen-bond acceptors (Lipinski definition) is 1. The zero-order chi connectivity index (χ0) is 12.4. The molecule has 1 saturated carbocycles. The van der Waals surface area contributed by atoms with Gasteiger partial charge >= 0.3 is 0 Å². The van der Waals surface area contributed by atoms with Crippen LogP contribution in [0.15, 0.2) is 22.7 Å². The van der Waals surface area contributed by atoms with E-state index in [1.54, 1.807) is 0 Å². The van der Waals surface area contributed by atoms with Crippen LogP contribution in [0.1, 0.15) is 44.7 Å². The Hall–Kier alpha value is -0.0500. The van der Waals surface area contributed by atoms with Crippen LogP contribution >= 0.6 is 27.5 Å². The molecule has 3 unspecified atom stereocenters. The fourth-order valence-corrected chi connectivity index (χ4v) is 3.24. The first-order valence-electron chi connectivity index (χ1n) is 6.32. The van der Waals surface area contributed by atoms with Crippen LogP contribution in [-0.2, 0) is 0 Å². The smallest absolute Gasteiger partial charge is 0.0464 e. The van der Waals surface area contributed by atoms with Gasteiger partial charge in [0.1, 0.15) is 0 Å². The Morgan fingerprint density at radius 3 is 2.94 bits per heavy atom. The summed E-state index contributed by atoms with van der Waals surface area (Å²) in [6.45, 7) is 4.45. The molecule has 1 nitrogen and oxygen atoms in total. The van der Waals surface area contributed by atoms with Crippen molar-refractivity contribution in [1.82, 2.24) is 5.32 Å². The van der Waals surface area contributed by atoms with Crippen LogP contribution in [0.3, 0.4) is 0 Å². The maximum absolute atomic E-state index is 6.26. The number of rotatable bonds is 5. The Bertz CT molecular complexity index is 394. The van der Waals surface area contributed by atoms with Crippen LogP contribution in [0, 0.1) is 5.92 Å². The minimum Gasteiger partial charge on any atom is -0.307 e. The molecule has 3 heteroatoms. The van der Waals surface area contributed by atoms with Gasteiger partial charge in [-0.1, -0.05) is 46.9 Å². The Balaban J connectivity index is 1.94. The minimum atomic E-state index is 0.336. The molecule has 0 saturated heterocycles. The van der Waals surface area contributed by atoms with E-state index in [1.807, 2.05) is 6.07 Å². The van der Waals surface area contributed by atoms with Gasteiger partial charge in [-0.2, -0.15) is 0 Å². The molecule has 2 rings (SSSR count). The van der Waals surface area contributed by atoms with E-state index < -0.39 is 0 Å². The van der Waals surface area contributed by atoms with Crippen LogP contribution in [0.5, 0.6) is 0 Å². The summed E-state index contributed by atoms with van der Waals surface area (Å²) in [7, 11) is 0. The van der Waals surface area contributed by atoms with Crippen molar-refractivity contribution in [2.45, 2.75) is 45.2 Å². The lowest BCUT2D eigenvalue weighted by Gasteiger charge is -2.16. The Morgan fingerprint density at radius 2 is 2.29 bits per heavy atom. The highest BCUT2D eigenvalue weighted by Gasteiger charge is 2.36. The third-order valence-electron chi connectivity index (χ3n) is 3.48. The van der Waals surface area contributed by atoms with Gasteiger partial charge in [-0.05, 0) is 43.4 Å². The summed E-state index contributed by atoms with van der Waals surface area (Å²) < 4.78 is 1.04. The van der Waals surface area contributed by atoms with E-state index in [-0.39, 0.29) is 0 Å². The van der Waals surface area contributed by atoms with E-state index in [9.17, 15) is 0 Å². The summed E-state index contributed by atoms with van der Waals surface area (Å²) in [5.41, 5.74) is 1.19. The van der Waals surface area contributed by atoms with Crippen LogP contribution in [0.4, 0.5) is 0 Å². The normalized spacial score (nSPS) is 24.7. The van der Waals surface area contributed by atoms with Crippen molar-refractivity contribution in [1.29, 1.82) is 0 Å². The molecule has 0 spiro atoms. The molecule has 94 valence electrons. The van der Waals surface area contributed by atoms with Gasteiger partial charge in [-0.3, -0.25) is 0 Å². The first kappa shape index (κ1) is 13.4. The van der Waals surface area contributed by atoms with Crippen LogP contribution in [0.25, 0.3) is 0 Å². The van der Waals surface area contributed by atoms with Crippen molar-refractivity contribution >= 4 is 27.5 Å². The molecule has 1 fully saturated rings. The predicted molar refractivity (Wildman–Crippen MR) is 77.5 cm³/mol. The Labute approximate surface area is 117 Å². The van der Waals surface area contributed by atoms with E-state index >= 15 is 0 Å². The van der Waals surface area contributed by atoms with Gasteiger partial charge in [0.05, 0.1) is 0 Å². The first-order valence-corrected chi connectivity index (χ1v) is 7.50. The first-order chi connectivity index (χ1) is 8.11. The van der Waals surface area contributed by atoms with Gasteiger partial charge in [0.2, 0.25) is 0 Å². The predicted octanol–water partition coefficient (Wildman–Crippen LogP) is 4.94. The van der Waals surface area contributed by atoms with Crippen molar-refractivity contribution < 1.29 is 0 Å². The van der Waals surface area contributed by atoms with E-state index in [0.717, 1.165) is 15.4 Å². The molecule has 0 bridgehead atoms. The quantitative estimate of drug-likeness (QED) is 0.811. The highest BCUT2D eigenvalue weighted by Crippen LogP contribution is 2.37. The molecule has 1 aromatic carbocycles. The number of benzene rings is 1. The highest BCUT2D eigenvalue weighted by atomic mass is 79.9. The van der Waals surface area contributed by atoms with Gasteiger partial charge in [0.15, 0.2) is 0 Å². The topological polar surface area (TPSA) is 12.0 Å². The van der Waals surface area contributed by atoms with Crippen LogP contribution in [0.2, 0.25) is 5.02 Å². The van der Waals surface area contributed by atoms with E-state index in [4.69, 9.17) is 11.6 Å². The van der Waals surface area contributed by atoms with E-state index in [1.165, 1.54) is 24.8 Å². The van der Waals surface area contributed by atoms with Gasteiger partial charge < -0.3 is 5.32 Å². The zero-order valence-corrected chi connectivity index (χ0v) is 12.7. The molecule has 1 N–H and O–H groups in total. The largest absolute Gasteiger partial charge is 0.307 e. The molecule has 0 heterocycles. The lowest BCUT2D eigenvalue weighted by molar-refractivity contribution is 0.530. The summed E-state index contributed by atoms with van der Waals surface area (Å²) >= 11 is 9.69. The molecule has 3 atom stereocenters. The zero-order valence-electron chi connectivity index (χ0n) is 10.3. The summed E-state index contributed by atoms with van der Waals surface area (Å²) in [5.74, 6) is 0.886. The van der Waals surface area contributed by atoms with Crippen molar-refractivity contribution in [2.75, 3.05) is 0 Å². The third-order valence-corrected chi connectivity index (χ3v) is 4.30. The maximum atomic E-state index is 6.26. The highest BCUT2D eigenvalue weighted by molar-refractivity contribution is 9.10. The average molecular weight is 317 g/mol. The molecule has 0 aliphatic heterocycles. The summed E-state index contributed by atoms with van der Waals surface area (Å²) in [4.78, 5) is 0. The number of halogens is 2. The lowest BCUT2D eigenvalue weighted by Crippen LogP contribution is -2.22. The van der Waals surface area contributed by atoms with Gasteiger partial charge in [0, 0.05) is 21.6 Å². The minimum absolute atomic E-state index is 0.336. The molecular weight excluding hydrogens is 298 g/mol. The molecule has 17 heavy (non-hydrogen) atoms. The average Bonchev–Trinajstić information content (AvgIpc) is 2.96. The molecule has 1 aliphatic rings. The maximum Gasteiger partial charge on any atom is 0.0464 e. The molecule has 0 radical (unpaired) electrons. The number of nitrogens with one attached hydrogen (secondary N) is 1. The SMILES string of the molecule is CCCC1CC1NC(C)c1ccc(Br)cc1Cl. The third kappa shape index (κ3) is 3.46. The summed E-state index contributed by atoms with van der Waals surface area (Å²) in [6, 6.07) is 7.15. The second-order valence-electron chi connectivity index (χ2n) is 4.95. The van der Waals surface area contributed by atoms with Gasteiger partial charge in [0.25, 0.3) is 0 Å². The molecule has 1 aliphatic carbocycles. The molecule has 0 amide bonds. The van der Waals surface area contributed by atoms with Gasteiger partial charge in [-0.25, -0.2) is 0 Å². The van der Waals surface area contributed by atoms with E-state index in [2.05, 4.69) is 47.2 Å². The van der Waals surface area contributed by atoms with Crippen molar-refractivity contribution in [2.24, 2.45) is 5.92 Å². The fourth-order valence-electron chi connectivity index (χ4n) is 2.41. The molecule has 1 aromatic rings. The van der Waals surface area contributed by atoms with Crippen molar-refractivity contribution in [3.05, 3.63) is 33.3 Å². The summed E-state index contributed by atoms with van der Waals surface area (Å²) in [6.07, 6.45) is 3.96. The van der Waals surface area contributed by atoms with Crippen LogP contribution in [-0.4, -0.2) is 6.04 Å². The standard InChI is InChI=1S/C14H19BrClN/c1-3-4-10-7-14(10)17-9(2)12-6-5-11(15)8-13(12)16/h5-6,8-10,14,17H,3-4,7H2,1-2H3. The van der Waals surface area contributed by atoms with E-state index in [0.29, 0.717) is 12.1 Å². The monoisotopic (exact) mass is 315 g/mol. The van der Waals surface area contributed by atoms with Crippen molar-refractivity contribution in [3.8, 4) is 0 Å².